The minimum absolute atomic E-state index is 0.0813. The van der Waals surface area contributed by atoms with E-state index in [1.807, 2.05) is 18.3 Å². The lowest BCUT2D eigenvalue weighted by Gasteiger charge is -2.48. The molecule has 1 aromatic rings. The second-order valence-corrected chi connectivity index (χ2v) is 9.99. The second kappa shape index (κ2) is 7.85. The van der Waals surface area contributed by atoms with Gasteiger partial charge in [0.1, 0.15) is 5.78 Å². The molecule has 0 bridgehead atoms. The highest BCUT2D eigenvalue weighted by Crippen LogP contribution is 2.53. The SMILES string of the molecule is CCCC(C(C)=O)c1cccc(C2(CC)C3=CN=NC3NC3=C2C(=O)CC(C)(C)C3)c1. The van der Waals surface area contributed by atoms with E-state index in [2.05, 4.69) is 55.4 Å². The van der Waals surface area contributed by atoms with Crippen LogP contribution in [0.25, 0.3) is 0 Å². The van der Waals surface area contributed by atoms with E-state index in [0.717, 1.165) is 53.7 Å². The maximum absolute atomic E-state index is 13.6. The van der Waals surface area contributed by atoms with Gasteiger partial charge in [-0.25, -0.2) is 0 Å². The summed E-state index contributed by atoms with van der Waals surface area (Å²) in [4.78, 5) is 26.0. The molecule has 3 aliphatic rings. The molecule has 2 aliphatic heterocycles. The maximum atomic E-state index is 13.6. The van der Waals surface area contributed by atoms with E-state index in [1.54, 1.807) is 6.92 Å². The molecule has 4 rings (SSSR count). The van der Waals surface area contributed by atoms with Crippen LogP contribution in [-0.4, -0.2) is 17.7 Å². The number of hydrogen-bond acceptors (Lipinski definition) is 5. The van der Waals surface area contributed by atoms with Crippen LogP contribution in [0.5, 0.6) is 0 Å². The van der Waals surface area contributed by atoms with Gasteiger partial charge >= 0.3 is 0 Å². The molecule has 2 heterocycles. The van der Waals surface area contributed by atoms with Gasteiger partial charge in [-0.3, -0.25) is 9.59 Å². The van der Waals surface area contributed by atoms with E-state index in [1.165, 1.54) is 0 Å². The Hall–Kier alpha value is -2.56. The molecule has 164 valence electrons. The molecule has 3 unspecified atom stereocenters. The molecular formula is C26H33N3O2. The van der Waals surface area contributed by atoms with Gasteiger partial charge in [-0.15, -0.1) is 0 Å². The highest BCUT2D eigenvalue weighted by atomic mass is 16.1. The van der Waals surface area contributed by atoms with Crippen molar-refractivity contribution >= 4 is 11.6 Å². The summed E-state index contributed by atoms with van der Waals surface area (Å²) in [5.74, 6) is 0.278. The van der Waals surface area contributed by atoms with E-state index >= 15 is 0 Å². The predicted octanol–water partition coefficient (Wildman–Crippen LogP) is 5.73. The minimum atomic E-state index is -0.564. The average molecular weight is 420 g/mol. The molecule has 0 aromatic heterocycles. The number of allylic oxidation sites excluding steroid dienone is 2. The Kier molecular flexibility index (Phi) is 5.48. The van der Waals surface area contributed by atoms with Gasteiger partial charge in [0.25, 0.3) is 0 Å². The lowest BCUT2D eigenvalue weighted by Crippen LogP contribution is -2.51. The molecule has 1 aliphatic carbocycles. The normalized spacial score (nSPS) is 27.3. The molecule has 0 saturated heterocycles. The van der Waals surface area contributed by atoms with Crippen molar-refractivity contribution in [3.8, 4) is 0 Å². The van der Waals surface area contributed by atoms with Crippen LogP contribution >= 0.6 is 0 Å². The fourth-order valence-corrected chi connectivity index (χ4v) is 5.80. The predicted molar refractivity (Wildman–Crippen MR) is 122 cm³/mol. The van der Waals surface area contributed by atoms with Crippen LogP contribution in [0.4, 0.5) is 0 Å². The van der Waals surface area contributed by atoms with Gasteiger partial charge in [-0.2, -0.15) is 10.2 Å². The van der Waals surface area contributed by atoms with Gasteiger partial charge < -0.3 is 5.32 Å². The fraction of sp³-hybridized carbons (Fsp3) is 0.538. The average Bonchev–Trinajstić information content (AvgIpc) is 3.18. The lowest BCUT2D eigenvalue weighted by atomic mass is 9.58. The number of carbonyl (C=O) groups is 2. The quantitative estimate of drug-likeness (QED) is 0.640. The van der Waals surface area contributed by atoms with Crippen LogP contribution in [0.2, 0.25) is 0 Å². The summed E-state index contributed by atoms with van der Waals surface area (Å²) >= 11 is 0. The topological polar surface area (TPSA) is 70.9 Å². The number of hydrogen-bond donors (Lipinski definition) is 1. The lowest BCUT2D eigenvalue weighted by molar-refractivity contribution is -0.119. The third-order valence-corrected chi connectivity index (χ3v) is 7.16. The Bertz CT molecular complexity index is 1020. The molecule has 5 heteroatoms. The molecule has 0 fully saturated rings. The minimum Gasteiger partial charge on any atom is -0.362 e. The number of benzene rings is 1. The summed E-state index contributed by atoms with van der Waals surface area (Å²) in [6.07, 6.45) is 5.48. The zero-order valence-corrected chi connectivity index (χ0v) is 19.3. The Balaban J connectivity index is 1.93. The second-order valence-electron chi connectivity index (χ2n) is 9.99. The summed E-state index contributed by atoms with van der Waals surface area (Å²) in [7, 11) is 0. The molecule has 0 spiro atoms. The Morgan fingerprint density at radius 2 is 2.03 bits per heavy atom. The smallest absolute Gasteiger partial charge is 0.164 e. The van der Waals surface area contributed by atoms with Crippen LogP contribution < -0.4 is 5.32 Å². The molecule has 1 N–H and O–H groups in total. The van der Waals surface area contributed by atoms with Crippen LogP contribution in [0.1, 0.15) is 83.8 Å². The molecule has 31 heavy (non-hydrogen) atoms. The first-order valence-corrected chi connectivity index (χ1v) is 11.5. The number of fused-ring (bicyclic) bond motifs is 1. The molecule has 5 nitrogen and oxygen atoms in total. The van der Waals surface area contributed by atoms with E-state index in [4.69, 9.17) is 0 Å². The highest BCUT2D eigenvalue weighted by Gasteiger charge is 2.53. The van der Waals surface area contributed by atoms with E-state index in [9.17, 15) is 9.59 Å². The number of carbonyl (C=O) groups excluding carboxylic acids is 2. The molecule has 0 amide bonds. The number of azo groups is 1. The summed E-state index contributed by atoms with van der Waals surface area (Å²) in [6, 6.07) is 8.34. The van der Waals surface area contributed by atoms with Crippen molar-refractivity contribution in [1.82, 2.24) is 5.32 Å². The molecule has 1 aromatic carbocycles. The monoisotopic (exact) mass is 419 g/mol. The zero-order valence-electron chi connectivity index (χ0n) is 19.3. The van der Waals surface area contributed by atoms with Crippen molar-refractivity contribution in [1.29, 1.82) is 0 Å². The summed E-state index contributed by atoms with van der Waals surface area (Å²) in [6.45, 7) is 10.2. The Morgan fingerprint density at radius 3 is 2.71 bits per heavy atom. The van der Waals surface area contributed by atoms with E-state index in [0.29, 0.717) is 6.42 Å². The molecule has 0 saturated carbocycles. The van der Waals surface area contributed by atoms with Crippen LogP contribution in [0.3, 0.4) is 0 Å². The number of Topliss-reactive ketones (excluding diaryl/α,β-unsaturated/α-hetero) is 2. The van der Waals surface area contributed by atoms with Crippen molar-refractivity contribution in [2.75, 3.05) is 0 Å². The van der Waals surface area contributed by atoms with Gasteiger partial charge in [0.05, 0.1) is 11.6 Å². The van der Waals surface area contributed by atoms with Crippen LogP contribution in [0.15, 0.2) is 57.5 Å². The molecular weight excluding hydrogens is 386 g/mol. The summed E-state index contributed by atoms with van der Waals surface area (Å²) in [5, 5.41) is 12.2. The summed E-state index contributed by atoms with van der Waals surface area (Å²) < 4.78 is 0. The number of rotatable bonds is 6. The van der Waals surface area contributed by atoms with Gasteiger partial charge in [-0.1, -0.05) is 58.4 Å². The maximum Gasteiger partial charge on any atom is 0.164 e. The van der Waals surface area contributed by atoms with Crippen molar-refractivity contribution in [2.45, 2.75) is 84.2 Å². The Morgan fingerprint density at radius 1 is 1.26 bits per heavy atom. The fourth-order valence-electron chi connectivity index (χ4n) is 5.80. The molecule has 0 radical (unpaired) electrons. The number of nitrogens with one attached hydrogen (secondary N) is 1. The van der Waals surface area contributed by atoms with E-state index in [-0.39, 0.29) is 29.1 Å². The van der Waals surface area contributed by atoms with Gasteiger partial charge in [0, 0.05) is 29.2 Å². The molecule has 3 atom stereocenters. The van der Waals surface area contributed by atoms with Gasteiger partial charge in [0.15, 0.2) is 11.9 Å². The zero-order chi connectivity index (χ0) is 22.4. The number of ketones is 2. The first kappa shape index (κ1) is 21.7. The first-order chi connectivity index (χ1) is 14.7. The van der Waals surface area contributed by atoms with Crippen LogP contribution in [-0.2, 0) is 15.0 Å². The van der Waals surface area contributed by atoms with Crippen molar-refractivity contribution < 1.29 is 9.59 Å². The Labute approximate surface area is 185 Å². The third kappa shape index (κ3) is 3.48. The summed E-state index contributed by atoms with van der Waals surface area (Å²) in [5.41, 5.74) is 4.38. The largest absolute Gasteiger partial charge is 0.362 e. The van der Waals surface area contributed by atoms with Crippen LogP contribution in [0, 0.1) is 5.41 Å². The third-order valence-electron chi connectivity index (χ3n) is 7.16. The standard InChI is InChI=1S/C26H33N3O2/c1-6-9-19(16(3)30)17-10-8-11-18(12-17)26(7-2)20-15-27-29-24(20)28-21-13-25(4,5)14-22(31)23(21)26/h8,10-12,15,19,24,28H,6-7,9,13-14H2,1-5H3. The first-order valence-electron chi connectivity index (χ1n) is 11.5. The van der Waals surface area contributed by atoms with Crippen molar-refractivity contribution in [3.05, 3.63) is 58.4 Å². The van der Waals surface area contributed by atoms with Crippen molar-refractivity contribution in [2.24, 2.45) is 15.6 Å². The van der Waals surface area contributed by atoms with Crippen molar-refractivity contribution in [3.63, 3.8) is 0 Å². The number of nitrogens with zero attached hydrogens (tertiary/aromatic N) is 2. The van der Waals surface area contributed by atoms with E-state index < -0.39 is 5.41 Å². The van der Waals surface area contributed by atoms with Gasteiger partial charge in [0.2, 0.25) is 0 Å². The highest BCUT2D eigenvalue weighted by molar-refractivity contribution is 6.01. The van der Waals surface area contributed by atoms with Gasteiger partial charge in [-0.05, 0) is 42.7 Å².